The number of hydrogen-bond acceptors (Lipinski definition) is 6. The summed E-state index contributed by atoms with van der Waals surface area (Å²) in [5.74, 6) is -1.73. The van der Waals surface area contributed by atoms with Gasteiger partial charge in [0, 0.05) is 19.0 Å². The van der Waals surface area contributed by atoms with Crippen LogP contribution in [-0.2, 0) is 11.8 Å². The minimum atomic E-state index is -1.24. The maximum atomic E-state index is 13.6. The number of hydrogen-bond donors (Lipinski definition) is 3. The Morgan fingerprint density at radius 2 is 1.58 bits per heavy atom. The first-order chi connectivity index (χ1) is 15.7. The number of nitrogens with zero attached hydrogens (tertiary/aromatic N) is 4. The second kappa shape index (κ2) is 10.7. The molecule has 0 spiro atoms. The molecule has 0 bridgehead atoms. The lowest BCUT2D eigenvalue weighted by Gasteiger charge is -2.15. The molecule has 0 aliphatic heterocycles. The molecule has 0 saturated heterocycles. The van der Waals surface area contributed by atoms with Crippen LogP contribution in [0.25, 0.3) is 11.1 Å². The summed E-state index contributed by atoms with van der Waals surface area (Å²) in [5, 5.41) is 40.5. The Morgan fingerprint density at radius 1 is 1.03 bits per heavy atom. The normalized spacial score (nSPS) is 13.1. The Morgan fingerprint density at radius 3 is 2.03 bits per heavy atom. The molecule has 2 aromatic carbocycles. The van der Waals surface area contributed by atoms with Gasteiger partial charge in [0.15, 0.2) is 5.82 Å². The average molecular weight is 456 g/mol. The van der Waals surface area contributed by atoms with Gasteiger partial charge < -0.3 is 15.3 Å². The van der Waals surface area contributed by atoms with Crippen molar-refractivity contribution in [1.29, 1.82) is 0 Å². The molecule has 0 aliphatic rings. The van der Waals surface area contributed by atoms with Crippen molar-refractivity contribution in [2.45, 2.75) is 25.0 Å². The molecule has 0 fully saturated rings. The fourth-order valence-corrected chi connectivity index (χ4v) is 3.29. The monoisotopic (exact) mass is 456 g/mol. The molecule has 3 N–H and O–H groups in total. The van der Waals surface area contributed by atoms with E-state index in [1.54, 1.807) is 31.3 Å². The van der Waals surface area contributed by atoms with Gasteiger partial charge in [-0.05, 0) is 51.4 Å². The average Bonchev–Trinajstić information content (AvgIpc) is 3.18. The third-order valence-electron chi connectivity index (χ3n) is 4.81. The molecule has 1 aromatic heterocycles. The highest BCUT2D eigenvalue weighted by molar-refractivity contribution is 6.00. The standard InChI is InChI=1S/C23H22F2N4O4/c1-29-23(26-27-28-29)20(11-10-18(30)12-19(31)13-21(32)33)22(14-2-6-16(24)7-3-14)15-4-8-17(25)9-5-15/h2-11,18-19,30-31H,12-13H2,1H3,(H,32,33)/t18-,19-/m1/s1. The number of benzene rings is 2. The Kier molecular flexibility index (Phi) is 7.75. The number of halogens is 2. The quantitative estimate of drug-likeness (QED) is 0.423. The number of allylic oxidation sites excluding steroid dienone is 2. The fourth-order valence-electron chi connectivity index (χ4n) is 3.29. The van der Waals surface area contributed by atoms with Crippen LogP contribution in [0, 0.1) is 11.6 Å². The summed E-state index contributed by atoms with van der Waals surface area (Å²) in [6.45, 7) is 0. The van der Waals surface area contributed by atoms with Crippen molar-refractivity contribution in [3.05, 3.63) is 89.3 Å². The number of carboxylic acids is 1. The highest BCUT2D eigenvalue weighted by Crippen LogP contribution is 2.32. The number of aliphatic hydroxyl groups excluding tert-OH is 2. The van der Waals surface area contributed by atoms with Crippen LogP contribution in [0.15, 0.2) is 60.7 Å². The van der Waals surface area contributed by atoms with Gasteiger partial charge in [0.05, 0.1) is 18.6 Å². The molecular weight excluding hydrogens is 434 g/mol. The smallest absolute Gasteiger partial charge is 0.305 e. The Labute approximate surface area is 188 Å². The summed E-state index contributed by atoms with van der Waals surface area (Å²) in [4.78, 5) is 10.8. The first kappa shape index (κ1) is 23.9. The fraction of sp³-hybridized carbons (Fsp3) is 0.217. The number of rotatable bonds is 9. The van der Waals surface area contributed by atoms with Crippen molar-refractivity contribution in [3.63, 3.8) is 0 Å². The first-order valence-corrected chi connectivity index (χ1v) is 9.99. The largest absolute Gasteiger partial charge is 0.481 e. The molecule has 0 unspecified atom stereocenters. The van der Waals surface area contributed by atoms with Gasteiger partial charge in [-0.3, -0.25) is 4.79 Å². The molecule has 2 atom stereocenters. The molecule has 8 nitrogen and oxygen atoms in total. The van der Waals surface area contributed by atoms with Crippen molar-refractivity contribution in [2.75, 3.05) is 0 Å². The van der Waals surface area contributed by atoms with Crippen LogP contribution >= 0.6 is 0 Å². The summed E-state index contributed by atoms with van der Waals surface area (Å²) >= 11 is 0. The van der Waals surface area contributed by atoms with E-state index in [0.717, 1.165) is 0 Å². The summed E-state index contributed by atoms with van der Waals surface area (Å²) in [6.07, 6.45) is -0.196. The van der Waals surface area contributed by atoms with Crippen molar-refractivity contribution in [2.24, 2.45) is 7.05 Å². The van der Waals surface area contributed by atoms with E-state index in [0.29, 0.717) is 28.1 Å². The van der Waals surface area contributed by atoms with Crippen LogP contribution in [0.3, 0.4) is 0 Å². The molecule has 0 radical (unpaired) electrons. The molecule has 0 aliphatic carbocycles. The molecule has 10 heteroatoms. The van der Waals surface area contributed by atoms with Crippen LogP contribution < -0.4 is 0 Å². The Hall–Kier alpha value is -3.76. The second-order valence-electron chi connectivity index (χ2n) is 7.34. The topological polar surface area (TPSA) is 121 Å². The van der Waals surface area contributed by atoms with E-state index < -0.39 is 36.2 Å². The van der Waals surface area contributed by atoms with E-state index in [2.05, 4.69) is 15.5 Å². The molecule has 0 saturated carbocycles. The van der Waals surface area contributed by atoms with E-state index >= 15 is 0 Å². The van der Waals surface area contributed by atoms with Crippen LogP contribution in [0.4, 0.5) is 8.78 Å². The van der Waals surface area contributed by atoms with Crippen molar-refractivity contribution in [3.8, 4) is 0 Å². The van der Waals surface area contributed by atoms with E-state index in [1.807, 2.05) is 0 Å². The third-order valence-corrected chi connectivity index (χ3v) is 4.81. The van der Waals surface area contributed by atoms with Gasteiger partial charge in [0.25, 0.3) is 0 Å². The Bertz CT molecular complexity index is 1110. The zero-order chi connectivity index (χ0) is 24.0. The highest BCUT2D eigenvalue weighted by atomic mass is 19.1. The summed E-state index contributed by atoms with van der Waals surface area (Å²) in [7, 11) is 1.61. The maximum Gasteiger partial charge on any atom is 0.305 e. The van der Waals surface area contributed by atoms with Gasteiger partial charge in [-0.25, -0.2) is 13.5 Å². The van der Waals surface area contributed by atoms with Gasteiger partial charge >= 0.3 is 5.97 Å². The van der Waals surface area contributed by atoms with Gasteiger partial charge in [-0.1, -0.05) is 36.4 Å². The third kappa shape index (κ3) is 6.37. The van der Waals surface area contributed by atoms with Crippen molar-refractivity contribution >= 4 is 17.1 Å². The zero-order valence-electron chi connectivity index (χ0n) is 17.6. The van der Waals surface area contributed by atoms with Crippen molar-refractivity contribution < 1.29 is 28.9 Å². The number of carbonyl (C=O) groups is 1. The Balaban J connectivity index is 2.13. The molecule has 33 heavy (non-hydrogen) atoms. The number of carboxylic acid groups (broad SMARTS) is 1. The van der Waals surface area contributed by atoms with Gasteiger partial charge in [0.1, 0.15) is 11.6 Å². The number of aliphatic carboxylic acids is 1. The predicted octanol–water partition coefficient (Wildman–Crippen LogP) is 2.59. The number of aromatic nitrogens is 4. The number of aryl methyl sites for hydroxylation is 1. The zero-order valence-corrected chi connectivity index (χ0v) is 17.6. The van der Waals surface area contributed by atoms with Gasteiger partial charge in [-0.2, -0.15) is 0 Å². The lowest BCUT2D eigenvalue weighted by atomic mass is 9.91. The maximum absolute atomic E-state index is 13.6. The van der Waals surface area contributed by atoms with Crippen LogP contribution in [-0.4, -0.2) is 53.7 Å². The highest BCUT2D eigenvalue weighted by Gasteiger charge is 2.18. The molecule has 3 aromatic rings. The van der Waals surface area contributed by atoms with Gasteiger partial charge in [-0.15, -0.1) is 5.10 Å². The molecular formula is C23H22F2N4O4. The van der Waals surface area contributed by atoms with Crippen molar-refractivity contribution in [1.82, 2.24) is 20.2 Å². The molecule has 3 rings (SSSR count). The predicted molar refractivity (Wildman–Crippen MR) is 116 cm³/mol. The van der Waals surface area contributed by atoms with E-state index in [4.69, 9.17) is 5.11 Å². The second-order valence-corrected chi connectivity index (χ2v) is 7.34. The van der Waals surface area contributed by atoms with Crippen LogP contribution in [0.1, 0.15) is 29.8 Å². The first-order valence-electron chi connectivity index (χ1n) is 9.99. The van der Waals surface area contributed by atoms with Crippen LogP contribution in [0.2, 0.25) is 0 Å². The van der Waals surface area contributed by atoms with Gasteiger partial charge in [0.2, 0.25) is 0 Å². The minimum Gasteiger partial charge on any atom is -0.481 e. The van der Waals surface area contributed by atoms with E-state index in [1.165, 1.54) is 41.1 Å². The summed E-state index contributed by atoms with van der Waals surface area (Å²) < 4.78 is 28.6. The minimum absolute atomic E-state index is 0.199. The van der Waals surface area contributed by atoms with E-state index in [9.17, 15) is 23.8 Å². The SMILES string of the molecule is Cn1nnnc1C(C=C[C@@H](O)C[C@@H](O)CC(=O)O)=C(c1ccc(F)cc1)c1ccc(F)cc1. The van der Waals surface area contributed by atoms with Crippen LogP contribution in [0.5, 0.6) is 0 Å². The summed E-state index contributed by atoms with van der Waals surface area (Å²) in [5.41, 5.74) is 2.16. The molecule has 172 valence electrons. The molecule has 1 heterocycles. The lowest BCUT2D eigenvalue weighted by molar-refractivity contribution is -0.139. The lowest BCUT2D eigenvalue weighted by Crippen LogP contribution is -2.19. The molecule has 0 amide bonds. The number of tetrazole rings is 1. The summed E-state index contributed by atoms with van der Waals surface area (Å²) in [6, 6.07) is 11.4. The van der Waals surface area contributed by atoms with E-state index in [-0.39, 0.29) is 6.42 Å². The number of aliphatic hydroxyl groups is 2.